The molecule has 1 fully saturated rings. The lowest BCUT2D eigenvalue weighted by atomic mass is 10.0. The molecule has 2 N–H and O–H groups in total. The molecule has 0 amide bonds. The monoisotopic (exact) mass is 392 g/mol. The molecular formula is C15H24N2O6S2. The topological polar surface area (TPSA) is 111 Å². The minimum absolute atomic E-state index is 0.0189. The van der Waals surface area contributed by atoms with Crippen LogP contribution in [0.1, 0.15) is 13.3 Å². The lowest BCUT2D eigenvalue weighted by molar-refractivity contribution is 0.385. The summed E-state index contributed by atoms with van der Waals surface area (Å²) in [7, 11) is -3.89. The predicted octanol–water partition coefficient (Wildman–Crippen LogP) is 0.149. The summed E-state index contributed by atoms with van der Waals surface area (Å²) in [6, 6.07) is 4.45. The zero-order valence-corrected chi connectivity index (χ0v) is 16.2. The molecule has 0 saturated carbocycles. The first-order valence-electron chi connectivity index (χ1n) is 7.78. The van der Waals surface area contributed by atoms with Crippen molar-refractivity contribution >= 4 is 19.9 Å². The van der Waals surface area contributed by atoms with Gasteiger partial charge in [0.1, 0.15) is 16.4 Å². The van der Waals surface area contributed by atoms with Crippen LogP contribution < -0.4 is 19.5 Å². The van der Waals surface area contributed by atoms with Crippen LogP contribution in [-0.4, -0.2) is 61.2 Å². The Kier molecular flexibility index (Phi) is 5.97. The highest BCUT2D eigenvalue weighted by molar-refractivity contribution is 7.91. The van der Waals surface area contributed by atoms with Gasteiger partial charge in [-0.3, -0.25) is 0 Å². The Bertz CT molecular complexity index is 822. The zero-order chi connectivity index (χ0) is 18.7. The average Bonchev–Trinajstić information content (AvgIpc) is 2.84. The van der Waals surface area contributed by atoms with Crippen molar-refractivity contribution in [2.24, 2.45) is 0 Å². The fourth-order valence-corrected chi connectivity index (χ4v) is 6.08. The zero-order valence-electron chi connectivity index (χ0n) is 14.5. The smallest absolute Gasteiger partial charge is 0.244 e. The Balaban J connectivity index is 1.96. The van der Waals surface area contributed by atoms with Crippen LogP contribution in [0.2, 0.25) is 0 Å². The molecule has 25 heavy (non-hydrogen) atoms. The number of nitrogens with one attached hydrogen (secondary N) is 2. The first-order chi connectivity index (χ1) is 11.6. The van der Waals surface area contributed by atoms with Crippen molar-refractivity contribution in [2.45, 2.75) is 23.8 Å². The van der Waals surface area contributed by atoms with Gasteiger partial charge in [-0.15, -0.1) is 0 Å². The molecule has 1 aliphatic heterocycles. The van der Waals surface area contributed by atoms with Crippen LogP contribution in [0.3, 0.4) is 0 Å². The van der Waals surface area contributed by atoms with E-state index in [9.17, 15) is 16.8 Å². The summed E-state index contributed by atoms with van der Waals surface area (Å²) in [4.78, 5) is 0.0189. The number of methoxy groups -OCH3 is 2. The van der Waals surface area contributed by atoms with Crippen molar-refractivity contribution in [1.29, 1.82) is 0 Å². The lowest BCUT2D eigenvalue weighted by Gasteiger charge is -2.24. The van der Waals surface area contributed by atoms with E-state index in [0.29, 0.717) is 18.7 Å². The third kappa shape index (κ3) is 5.06. The van der Waals surface area contributed by atoms with E-state index in [1.54, 1.807) is 6.07 Å². The van der Waals surface area contributed by atoms with Gasteiger partial charge in [-0.05, 0) is 25.5 Å². The second-order valence-electron chi connectivity index (χ2n) is 6.24. The average molecular weight is 392 g/mol. The number of benzene rings is 1. The molecule has 1 aromatic carbocycles. The van der Waals surface area contributed by atoms with Crippen LogP contribution in [0, 0.1) is 0 Å². The molecule has 1 saturated heterocycles. The van der Waals surface area contributed by atoms with Crippen molar-refractivity contribution in [3.05, 3.63) is 18.2 Å². The van der Waals surface area contributed by atoms with Crippen LogP contribution >= 0.6 is 0 Å². The number of hydrogen-bond acceptors (Lipinski definition) is 7. The predicted molar refractivity (Wildman–Crippen MR) is 94.4 cm³/mol. The fourth-order valence-electron chi connectivity index (χ4n) is 2.77. The number of hydrogen-bond donors (Lipinski definition) is 2. The van der Waals surface area contributed by atoms with Crippen LogP contribution in [-0.2, 0) is 19.9 Å². The van der Waals surface area contributed by atoms with Crippen LogP contribution in [0.15, 0.2) is 23.1 Å². The molecule has 0 unspecified atom stereocenters. The number of sulfonamides is 1. The van der Waals surface area contributed by atoms with Crippen molar-refractivity contribution < 1.29 is 26.3 Å². The molecule has 0 spiro atoms. The third-order valence-corrected chi connectivity index (χ3v) is 7.54. The Hall–Kier alpha value is -1.36. The van der Waals surface area contributed by atoms with Crippen molar-refractivity contribution in [2.75, 3.05) is 38.8 Å². The number of ether oxygens (including phenoxy) is 2. The molecule has 8 nitrogen and oxygen atoms in total. The van der Waals surface area contributed by atoms with Crippen LogP contribution in [0.5, 0.6) is 11.5 Å². The highest BCUT2D eigenvalue weighted by atomic mass is 32.2. The maximum atomic E-state index is 12.4. The van der Waals surface area contributed by atoms with Gasteiger partial charge in [0.2, 0.25) is 10.0 Å². The van der Waals surface area contributed by atoms with Gasteiger partial charge < -0.3 is 14.8 Å². The third-order valence-electron chi connectivity index (χ3n) is 4.13. The summed E-state index contributed by atoms with van der Waals surface area (Å²) in [5.74, 6) is 0.908. The van der Waals surface area contributed by atoms with E-state index in [0.717, 1.165) is 0 Å². The standard InChI is InChI=1S/C15H24N2O6S2/c1-15(6-9-24(18,19)11-15)16-7-8-17-25(20,21)14-5-4-12(22-2)10-13(14)23-3/h4-5,10,16-17H,6-9,11H2,1-3H3/t15-/m1/s1. The minimum atomic E-state index is -3.76. The SMILES string of the molecule is COc1ccc(S(=O)(=O)NCCN[C@]2(C)CCS(=O)(=O)C2)c(OC)c1. The van der Waals surface area contributed by atoms with Gasteiger partial charge in [0.25, 0.3) is 0 Å². The Labute approximate surface area is 148 Å². The normalized spacial score (nSPS) is 22.7. The fraction of sp³-hybridized carbons (Fsp3) is 0.600. The first kappa shape index (κ1) is 20.0. The minimum Gasteiger partial charge on any atom is -0.497 e. The van der Waals surface area contributed by atoms with Crippen LogP contribution in [0.25, 0.3) is 0 Å². The number of rotatable bonds is 8. The van der Waals surface area contributed by atoms with E-state index in [1.165, 1.54) is 26.4 Å². The van der Waals surface area contributed by atoms with Gasteiger partial charge in [-0.1, -0.05) is 0 Å². The molecule has 1 aliphatic rings. The summed E-state index contributed by atoms with van der Waals surface area (Å²) < 4.78 is 60.7. The summed E-state index contributed by atoms with van der Waals surface area (Å²) >= 11 is 0. The largest absolute Gasteiger partial charge is 0.497 e. The van der Waals surface area contributed by atoms with Crippen LogP contribution in [0.4, 0.5) is 0 Å². The van der Waals surface area contributed by atoms with E-state index < -0.39 is 25.4 Å². The molecule has 142 valence electrons. The molecule has 10 heteroatoms. The Morgan fingerprint density at radius 1 is 1.20 bits per heavy atom. The Morgan fingerprint density at radius 3 is 2.48 bits per heavy atom. The van der Waals surface area contributed by atoms with Crippen molar-refractivity contribution in [3.63, 3.8) is 0 Å². The summed E-state index contributed by atoms with van der Waals surface area (Å²) in [5.41, 5.74) is -0.512. The molecular weight excluding hydrogens is 368 g/mol. The summed E-state index contributed by atoms with van der Waals surface area (Å²) in [6.07, 6.45) is 0.522. The van der Waals surface area contributed by atoms with Gasteiger partial charge >= 0.3 is 0 Å². The van der Waals surface area contributed by atoms with Gasteiger partial charge in [-0.2, -0.15) is 0 Å². The molecule has 1 heterocycles. The van der Waals surface area contributed by atoms with Crippen molar-refractivity contribution in [3.8, 4) is 11.5 Å². The number of sulfone groups is 1. The highest BCUT2D eigenvalue weighted by Gasteiger charge is 2.37. The molecule has 1 aromatic rings. The van der Waals surface area contributed by atoms with E-state index >= 15 is 0 Å². The van der Waals surface area contributed by atoms with Gasteiger partial charge in [0.05, 0.1) is 25.7 Å². The molecule has 0 aromatic heterocycles. The molecule has 0 aliphatic carbocycles. The maximum Gasteiger partial charge on any atom is 0.244 e. The molecule has 1 atom stereocenters. The second kappa shape index (κ2) is 7.48. The quantitative estimate of drug-likeness (QED) is 0.606. The van der Waals surface area contributed by atoms with E-state index in [2.05, 4.69) is 10.0 Å². The van der Waals surface area contributed by atoms with E-state index in [-0.39, 0.29) is 28.7 Å². The van der Waals surface area contributed by atoms with E-state index in [1.807, 2.05) is 6.92 Å². The summed E-state index contributed by atoms with van der Waals surface area (Å²) in [6.45, 7) is 2.29. The first-order valence-corrected chi connectivity index (χ1v) is 11.1. The molecule has 0 radical (unpaired) electrons. The van der Waals surface area contributed by atoms with Crippen molar-refractivity contribution in [1.82, 2.24) is 10.0 Å². The Morgan fingerprint density at radius 2 is 1.92 bits per heavy atom. The summed E-state index contributed by atoms with van der Waals surface area (Å²) in [5, 5.41) is 3.13. The molecule has 2 rings (SSSR count). The van der Waals surface area contributed by atoms with Gasteiger partial charge in [0.15, 0.2) is 9.84 Å². The van der Waals surface area contributed by atoms with Gasteiger partial charge in [0, 0.05) is 24.7 Å². The highest BCUT2D eigenvalue weighted by Crippen LogP contribution is 2.28. The maximum absolute atomic E-state index is 12.4. The van der Waals surface area contributed by atoms with Gasteiger partial charge in [-0.25, -0.2) is 21.6 Å². The molecule has 0 bridgehead atoms. The second-order valence-corrected chi connectivity index (χ2v) is 10.2. The lowest BCUT2D eigenvalue weighted by Crippen LogP contribution is -2.46. The van der Waals surface area contributed by atoms with E-state index in [4.69, 9.17) is 9.47 Å².